The number of nitrogens with two attached hydrogens (primary N) is 1. The lowest BCUT2D eigenvalue weighted by atomic mass is 9.90. The zero-order valence-corrected chi connectivity index (χ0v) is 36.2. The molecule has 4 N–H and O–H groups in total. The summed E-state index contributed by atoms with van der Waals surface area (Å²) >= 11 is 1.42. The first-order chi connectivity index (χ1) is 29.4. The summed E-state index contributed by atoms with van der Waals surface area (Å²) in [6.45, 7) is 7.86. The van der Waals surface area contributed by atoms with E-state index in [2.05, 4.69) is 41.9 Å². The van der Waals surface area contributed by atoms with Gasteiger partial charge in [0, 0.05) is 68.4 Å². The molecule has 61 heavy (non-hydrogen) atoms. The molecule has 4 aliphatic heterocycles. The van der Waals surface area contributed by atoms with Crippen molar-refractivity contribution in [2.24, 2.45) is 11.8 Å². The summed E-state index contributed by atoms with van der Waals surface area (Å²) in [5, 5.41) is 3.27. The fourth-order valence-electron chi connectivity index (χ4n) is 9.28. The van der Waals surface area contributed by atoms with Gasteiger partial charge in [-0.05, 0) is 106 Å². The number of nitrogens with zero attached hydrogens (tertiary/aromatic N) is 6. The normalized spacial score (nSPS) is 20.2. The van der Waals surface area contributed by atoms with Crippen molar-refractivity contribution in [1.29, 1.82) is 0 Å². The molecule has 0 bridgehead atoms. The van der Waals surface area contributed by atoms with Crippen LogP contribution in [-0.2, 0) is 24.4 Å². The largest absolute Gasteiger partial charge is 0.372 e. The quantitative estimate of drug-likeness (QED) is 0.142. The van der Waals surface area contributed by atoms with E-state index < -0.39 is 15.8 Å². The maximum absolute atomic E-state index is 16.1. The Labute approximate surface area is 360 Å². The van der Waals surface area contributed by atoms with E-state index in [4.69, 9.17) is 10.7 Å². The minimum Gasteiger partial charge on any atom is -0.372 e. The van der Waals surface area contributed by atoms with Crippen molar-refractivity contribution in [1.82, 2.24) is 30.1 Å². The molecule has 0 radical (unpaired) electrons. The van der Waals surface area contributed by atoms with Crippen LogP contribution in [-0.4, -0.2) is 102 Å². The molecule has 2 aromatic heterocycles. The molecule has 0 aliphatic carbocycles. The predicted molar refractivity (Wildman–Crippen MR) is 235 cm³/mol. The number of hydrogen-bond donors (Lipinski definition) is 3. The van der Waals surface area contributed by atoms with Crippen LogP contribution >= 0.6 is 11.3 Å². The third kappa shape index (κ3) is 9.89. The van der Waals surface area contributed by atoms with E-state index in [0.717, 1.165) is 81.8 Å². The minimum atomic E-state index is -3.73. The lowest BCUT2D eigenvalue weighted by Gasteiger charge is -2.39. The first-order valence-electron chi connectivity index (χ1n) is 21.5. The number of aromatic nitrogens is 3. The molecule has 14 nitrogen and oxygen atoms in total. The highest BCUT2D eigenvalue weighted by molar-refractivity contribution is 7.92. The number of carbonyl (C=O) groups excluding carboxylic acids is 3. The van der Waals surface area contributed by atoms with E-state index in [9.17, 15) is 22.8 Å². The average molecular weight is 872 g/mol. The zero-order chi connectivity index (χ0) is 42.7. The van der Waals surface area contributed by atoms with Gasteiger partial charge in [0.15, 0.2) is 5.82 Å². The molecule has 2 aromatic carbocycles. The molecule has 0 saturated carbocycles. The van der Waals surface area contributed by atoms with Gasteiger partial charge in [0.25, 0.3) is 0 Å². The summed E-state index contributed by atoms with van der Waals surface area (Å²) in [7, 11) is -3.73. The van der Waals surface area contributed by atoms with Crippen LogP contribution in [0, 0.1) is 17.7 Å². The molecule has 4 aromatic rings. The highest BCUT2D eigenvalue weighted by Crippen LogP contribution is 2.43. The SMILES string of the molecule is CCCS(=O)(=O)Nc1cccc(-c2nc(C3CCN(C(=O)C4CCN(CC5CCN(c6ccc([C@@H]7CCC(=O)NC7=O)cc6)CC5)CC4)CC3)sc2-c2ccnc(N)n2)c1F. The molecule has 4 saturated heterocycles. The summed E-state index contributed by atoms with van der Waals surface area (Å²) in [4.78, 5) is 58.7. The van der Waals surface area contributed by atoms with Crippen molar-refractivity contribution >= 4 is 56.4 Å². The van der Waals surface area contributed by atoms with Crippen LogP contribution in [0.25, 0.3) is 21.8 Å². The summed E-state index contributed by atoms with van der Waals surface area (Å²) < 4.78 is 43.5. The topological polar surface area (TPSA) is 184 Å². The van der Waals surface area contributed by atoms with Crippen LogP contribution in [0.5, 0.6) is 0 Å². The van der Waals surface area contributed by atoms with Gasteiger partial charge >= 0.3 is 0 Å². The lowest BCUT2D eigenvalue weighted by Crippen LogP contribution is -2.46. The Morgan fingerprint density at radius 3 is 2.36 bits per heavy atom. The Balaban J connectivity index is 0.830. The third-order valence-corrected chi connectivity index (χ3v) is 15.4. The van der Waals surface area contributed by atoms with E-state index in [1.165, 1.54) is 23.1 Å². The molecule has 0 unspecified atom stereocenters. The Bertz CT molecular complexity index is 2340. The Morgan fingerprint density at radius 2 is 1.67 bits per heavy atom. The van der Waals surface area contributed by atoms with Crippen molar-refractivity contribution in [3.8, 4) is 21.8 Å². The number of imide groups is 1. The third-order valence-electron chi connectivity index (χ3n) is 12.7. The van der Waals surface area contributed by atoms with Crippen molar-refractivity contribution < 1.29 is 27.2 Å². The first kappa shape index (κ1) is 42.7. The van der Waals surface area contributed by atoms with Gasteiger partial charge in [0.2, 0.25) is 33.7 Å². The Hall–Kier alpha value is -5.00. The van der Waals surface area contributed by atoms with Gasteiger partial charge < -0.3 is 20.4 Å². The summed E-state index contributed by atoms with van der Waals surface area (Å²) in [6, 6.07) is 14.5. The molecule has 4 aliphatic rings. The monoisotopic (exact) mass is 871 g/mol. The van der Waals surface area contributed by atoms with Crippen LogP contribution in [0.3, 0.4) is 0 Å². The molecule has 1 atom stereocenters. The van der Waals surface area contributed by atoms with Gasteiger partial charge in [-0.3, -0.25) is 24.4 Å². The highest BCUT2D eigenvalue weighted by Gasteiger charge is 2.34. The molecule has 8 rings (SSSR count). The summed E-state index contributed by atoms with van der Waals surface area (Å²) in [6.07, 6.45) is 8.26. The van der Waals surface area contributed by atoms with E-state index in [-0.39, 0.29) is 58.4 Å². The fraction of sp³-hybridized carbons (Fsp3) is 0.500. The molecule has 4 fully saturated rings. The molecule has 0 spiro atoms. The van der Waals surface area contributed by atoms with Crippen LogP contribution in [0.2, 0.25) is 0 Å². The number of hydrogen-bond acceptors (Lipinski definition) is 12. The molecule has 6 heterocycles. The van der Waals surface area contributed by atoms with Gasteiger partial charge in [0.05, 0.1) is 38.6 Å². The number of rotatable bonds is 12. The fourth-order valence-corrected chi connectivity index (χ4v) is 11.6. The summed E-state index contributed by atoms with van der Waals surface area (Å²) in [5.41, 5.74) is 8.95. The van der Waals surface area contributed by atoms with Gasteiger partial charge in [-0.15, -0.1) is 11.3 Å². The Morgan fingerprint density at radius 1 is 0.934 bits per heavy atom. The molecule has 17 heteroatoms. The van der Waals surface area contributed by atoms with E-state index in [0.29, 0.717) is 54.5 Å². The number of nitrogen functional groups attached to an aromatic ring is 1. The maximum atomic E-state index is 16.1. The number of benzene rings is 2. The molecule has 3 amide bonds. The first-order valence-corrected chi connectivity index (χ1v) is 24.0. The lowest BCUT2D eigenvalue weighted by molar-refractivity contribution is -0.138. The van der Waals surface area contributed by atoms with Gasteiger partial charge in [-0.1, -0.05) is 25.1 Å². The highest BCUT2D eigenvalue weighted by atomic mass is 32.2. The number of thiazole rings is 1. The summed E-state index contributed by atoms with van der Waals surface area (Å²) in [5.74, 6) is -0.513. The Kier molecular flexibility index (Phi) is 13.0. The molecular weight excluding hydrogens is 818 g/mol. The predicted octanol–water partition coefficient (Wildman–Crippen LogP) is 5.99. The van der Waals surface area contributed by atoms with E-state index in [1.54, 1.807) is 31.3 Å². The second-order valence-corrected chi connectivity index (χ2v) is 19.7. The number of nitrogens with one attached hydrogen (secondary N) is 2. The number of piperidine rings is 4. The van der Waals surface area contributed by atoms with Crippen molar-refractivity contribution in [2.75, 3.05) is 66.9 Å². The van der Waals surface area contributed by atoms with Crippen LogP contribution in [0.15, 0.2) is 54.7 Å². The van der Waals surface area contributed by atoms with E-state index in [1.807, 2.05) is 17.0 Å². The van der Waals surface area contributed by atoms with Crippen LogP contribution < -0.4 is 20.7 Å². The standard InChI is InChI=1S/C44H54FN9O5S2/c1-2-26-61(58,59)51-35-5-3-4-34(38(35)45)39-40(36-12-19-47-44(46)48-36)60-42(50-39)30-17-24-54(25-18-30)43(57)31-15-20-52(21-16-31)27-28-13-22-53(23-14-28)32-8-6-29(7-9-32)33-10-11-37(55)49-41(33)56/h3-9,12,19,28,30-31,33,51H,2,10-11,13-18,20-27H2,1H3,(H2,46,47,48)(H,49,55,56)/t33-/m0/s1. The smallest absolute Gasteiger partial charge is 0.234 e. The van der Waals surface area contributed by atoms with Crippen molar-refractivity contribution in [3.05, 3.63) is 71.1 Å². The van der Waals surface area contributed by atoms with Crippen molar-refractivity contribution in [2.45, 2.75) is 76.5 Å². The van der Waals surface area contributed by atoms with Crippen LogP contribution in [0.1, 0.15) is 87.1 Å². The van der Waals surface area contributed by atoms with Crippen molar-refractivity contribution in [3.63, 3.8) is 0 Å². The minimum absolute atomic E-state index is 0.0177. The molecular formula is C44H54FN9O5S2. The van der Waals surface area contributed by atoms with Gasteiger partial charge in [-0.25, -0.2) is 27.8 Å². The van der Waals surface area contributed by atoms with E-state index >= 15 is 4.39 Å². The second kappa shape index (κ2) is 18.5. The molecule has 324 valence electrons. The number of sulfonamides is 1. The zero-order valence-electron chi connectivity index (χ0n) is 34.5. The number of amides is 3. The van der Waals surface area contributed by atoms with Crippen LogP contribution in [0.4, 0.5) is 21.7 Å². The van der Waals surface area contributed by atoms with Gasteiger partial charge in [0.1, 0.15) is 0 Å². The number of carbonyl (C=O) groups is 3. The number of likely N-dealkylation sites (tertiary alicyclic amines) is 2. The number of halogens is 1. The second-order valence-electron chi connectivity index (χ2n) is 16.8. The maximum Gasteiger partial charge on any atom is 0.234 e. The number of anilines is 3. The average Bonchev–Trinajstić information content (AvgIpc) is 3.70. The van der Waals surface area contributed by atoms with Gasteiger partial charge in [-0.2, -0.15) is 0 Å².